The monoisotopic (exact) mass is 183 g/mol. The van der Waals surface area contributed by atoms with E-state index < -0.39 is 6.10 Å². The Kier molecular flexibility index (Phi) is 3.16. The summed E-state index contributed by atoms with van der Waals surface area (Å²) in [6.07, 6.45) is 0.721. The van der Waals surface area contributed by atoms with Crippen molar-refractivity contribution in [3.05, 3.63) is 28.4 Å². The van der Waals surface area contributed by atoms with Gasteiger partial charge in [-0.15, -0.1) is 0 Å². The molecule has 72 valence electrons. The lowest BCUT2D eigenvalue weighted by Crippen LogP contribution is -2.31. The van der Waals surface area contributed by atoms with Crippen LogP contribution in [0.3, 0.4) is 0 Å². The maximum atomic E-state index is 11.3. The Bertz CT molecular complexity index is 334. The first-order valence-electron chi connectivity index (χ1n) is 4.04. The van der Waals surface area contributed by atoms with E-state index >= 15 is 0 Å². The lowest BCUT2D eigenvalue weighted by molar-refractivity contribution is 0.160. The van der Waals surface area contributed by atoms with E-state index in [1.54, 1.807) is 6.92 Å². The average Bonchev–Trinajstić information content (AvgIpc) is 2.09. The molecule has 5 heteroatoms. The molecule has 1 atom stereocenters. The van der Waals surface area contributed by atoms with E-state index in [0.717, 1.165) is 0 Å². The Labute approximate surface area is 75.8 Å². The number of aryl methyl sites for hydroxylation is 1. The minimum Gasteiger partial charge on any atom is -0.390 e. The van der Waals surface area contributed by atoms with Crippen LogP contribution in [-0.2, 0) is 6.54 Å². The zero-order chi connectivity index (χ0) is 9.84. The molecule has 0 bridgehead atoms. The molecule has 0 spiro atoms. The van der Waals surface area contributed by atoms with Crippen molar-refractivity contribution in [2.75, 3.05) is 6.54 Å². The van der Waals surface area contributed by atoms with Gasteiger partial charge in [-0.05, 0) is 6.92 Å². The number of aromatic nitrogens is 2. The predicted octanol–water partition coefficient (Wildman–Crippen LogP) is -1.13. The van der Waals surface area contributed by atoms with Gasteiger partial charge in [0.1, 0.15) is 0 Å². The fourth-order valence-electron chi connectivity index (χ4n) is 0.955. The molecule has 5 nitrogen and oxygen atoms in total. The minimum atomic E-state index is -0.692. The van der Waals surface area contributed by atoms with Gasteiger partial charge >= 0.3 is 0 Å². The van der Waals surface area contributed by atoms with Crippen molar-refractivity contribution >= 4 is 0 Å². The Balaban J connectivity index is 2.84. The van der Waals surface area contributed by atoms with Crippen LogP contribution in [0.1, 0.15) is 5.69 Å². The molecule has 13 heavy (non-hydrogen) atoms. The molecule has 0 aliphatic carbocycles. The fourth-order valence-corrected chi connectivity index (χ4v) is 0.955. The van der Waals surface area contributed by atoms with Crippen LogP contribution in [0, 0.1) is 6.92 Å². The SMILES string of the molecule is Cc1cc(=O)n(CC(O)CN)cn1. The van der Waals surface area contributed by atoms with Gasteiger partial charge in [-0.1, -0.05) is 0 Å². The van der Waals surface area contributed by atoms with E-state index in [9.17, 15) is 9.90 Å². The number of nitrogens with zero attached hydrogens (tertiary/aromatic N) is 2. The van der Waals surface area contributed by atoms with Gasteiger partial charge in [-0.2, -0.15) is 0 Å². The fraction of sp³-hybridized carbons (Fsp3) is 0.500. The largest absolute Gasteiger partial charge is 0.390 e. The van der Waals surface area contributed by atoms with Gasteiger partial charge in [0.25, 0.3) is 5.56 Å². The molecule has 0 amide bonds. The summed E-state index contributed by atoms with van der Waals surface area (Å²) in [5, 5.41) is 9.19. The lowest BCUT2D eigenvalue weighted by atomic mass is 10.3. The molecule has 0 aromatic carbocycles. The third-order valence-corrected chi connectivity index (χ3v) is 1.70. The highest BCUT2D eigenvalue weighted by atomic mass is 16.3. The molecule has 0 saturated carbocycles. The maximum Gasteiger partial charge on any atom is 0.253 e. The summed E-state index contributed by atoms with van der Waals surface area (Å²) in [5.74, 6) is 0. The number of aliphatic hydroxyl groups excluding tert-OH is 1. The van der Waals surface area contributed by atoms with Crippen LogP contribution in [0.25, 0.3) is 0 Å². The standard InChI is InChI=1S/C8H13N3O2/c1-6-2-8(13)11(5-10-6)4-7(12)3-9/h2,5,7,12H,3-4,9H2,1H3. The smallest absolute Gasteiger partial charge is 0.253 e. The number of hydrogen-bond acceptors (Lipinski definition) is 4. The quantitative estimate of drug-likeness (QED) is 0.621. The van der Waals surface area contributed by atoms with E-state index in [-0.39, 0.29) is 18.6 Å². The topological polar surface area (TPSA) is 81.1 Å². The molecule has 0 aliphatic rings. The zero-order valence-corrected chi connectivity index (χ0v) is 7.47. The van der Waals surface area contributed by atoms with Crippen LogP contribution in [0.2, 0.25) is 0 Å². The van der Waals surface area contributed by atoms with Crippen molar-refractivity contribution < 1.29 is 5.11 Å². The van der Waals surface area contributed by atoms with Gasteiger partial charge in [0, 0.05) is 18.3 Å². The first-order chi connectivity index (χ1) is 6.13. The van der Waals surface area contributed by atoms with Gasteiger partial charge in [-0.25, -0.2) is 4.98 Å². The third kappa shape index (κ3) is 2.64. The summed E-state index contributed by atoms with van der Waals surface area (Å²) in [6, 6.07) is 1.42. The molecular formula is C8H13N3O2. The summed E-state index contributed by atoms with van der Waals surface area (Å²) in [7, 11) is 0. The van der Waals surface area contributed by atoms with Gasteiger partial charge in [0.15, 0.2) is 0 Å². The zero-order valence-electron chi connectivity index (χ0n) is 7.47. The summed E-state index contributed by atoms with van der Waals surface area (Å²) in [6.45, 7) is 2.08. The molecule has 0 fully saturated rings. The van der Waals surface area contributed by atoms with Crippen molar-refractivity contribution in [2.24, 2.45) is 5.73 Å². The molecule has 0 aliphatic heterocycles. The molecular weight excluding hydrogens is 170 g/mol. The average molecular weight is 183 g/mol. The van der Waals surface area contributed by atoms with Crippen LogP contribution < -0.4 is 11.3 Å². The van der Waals surface area contributed by atoms with E-state index in [4.69, 9.17) is 5.73 Å². The number of aliphatic hydroxyl groups is 1. The number of rotatable bonds is 3. The van der Waals surface area contributed by atoms with E-state index in [1.165, 1.54) is 17.0 Å². The molecule has 1 unspecified atom stereocenters. The van der Waals surface area contributed by atoms with Gasteiger partial charge in [0.05, 0.1) is 19.0 Å². The van der Waals surface area contributed by atoms with Crippen LogP contribution >= 0.6 is 0 Å². The summed E-state index contributed by atoms with van der Waals surface area (Å²) < 4.78 is 1.34. The van der Waals surface area contributed by atoms with E-state index in [1.807, 2.05) is 0 Å². The van der Waals surface area contributed by atoms with E-state index in [0.29, 0.717) is 5.69 Å². The Morgan fingerprint density at radius 1 is 1.77 bits per heavy atom. The minimum absolute atomic E-state index is 0.139. The summed E-state index contributed by atoms with van der Waals surface area (Å²) in [5.41, 5.74) is 5.72. The van der Waals surface area contributed by atoms with Crippen molar-refractivity contribution in [3.63, 3.8) is 0 Å². The van der Waals surface area contributed by atoms with Crippen molar-refractivity contribution in [1.29, 1.82) is 0 Å². The first-order valence-corrected chi connectivity index (χ1v) is 4.04. The van der Waals surface area contributed by atoms with E-state index in [2.05, 4.69) is 4.98 Å². The maximum absolute atomic E-state index is 11.3. The highest BCUT2D eigenvalue weighted by Crippen LogP contribution is 1.88. The highest BCUT2D eigenvalue weighted by molar-refractivity contribution is 4.96. The number of hydrogen-bond donors (Lipinski definition) is 2. The normalized spacial score (nSPS) is 12.8. The van der Waals surface area contributed by atoms with Gasteiger partial charge in [-0.3, -0.25) is 9.36 Å². The molecule has 0 saturated heterocycles. The lowest BCUT2D eigenvalue weighted by Gasteiger charge is -2.09. The Hall–Kier alpha value is -1.20. The third-order valence-electron chi connectivity index (χ3n) is 1.70. The van der Waals surface area contributed by atoms with Crippen molar-refractivity contribution in [3.8, 4) is 0 Å². The van der Waals surface area contributed by atoms with Crippen LogP contribution in [0.5, 0.6) is 0 Å². The molecule has 3 N–H and O–H groups in total. The van der Waals surface area contributed by atoms with Gasteiger partial charge in [0.2, 0.25) is 0 Å². The first kappa shape index (κ1) is 9.88. The second kappa shape index (κ2) is 4.15. The molecule has 0 radical (unpaired) electrons. The second-order valence-corrected chi connectivity index (χ2v) is 2.91. The summed E-state index contributed by atoms with van der Waals surface area (Å²) >= 11 is 0. The van der Waals surface area contributed by atoms with Crippen LogP contribution in [0.4, 0.5) is 0 Å². The molecule has 1 aromatic heterocycles. The Morgan fingerprint density at radius 3 is 3.00 bits per heavy atom. The Morgan fingerprint density at radius 2 is 2.46 bits per heavy atom. The molecule has 1 heterocycles. The second-order valence-electron chi connectivity index (χ2n) is 2.91. The van der Waals surface area contributed by atoms with Gasteiger partial charge < -0.3 is 10.8 Å². The predicted molar refractivity (Wildman–Crippen MR) is 48.3 cm³/mol. The van der Waals surface area contributed by atoms with Crippen LogP contribution in [-0.4, -0.2) is 27.3 Å². The van der Waals surface area contributed by atoms with Crippen molar-refractivity contribution in [2.45, 2.75) is 19.6 Å². The highest BCUT2D eigenvalue weighted by Gasteiger charge is 2.03. The van der Waals surface area contributed by atoms with Crippen LogP contribution in [0.15, 0.2) is 17.2 Å². The molecule has 1 rings (SSSR count). The molecule has 1 aromatic rings. The summed E-state index contributed by atoms with van der Waals surface area (Å²) in [4.78, 5) is 15.2. The van der Waals surface area contributed by atoms with Crippen molar-refractivity contribution in [1.82, 2.24) is 9.55 Å². The number of nitrogens with two attached hydrogens (primary N) is 1.